The van der Waals surface area contributed by atoms with Gasteiger partial charge in [0.2, 0.25) is 5.43 Å². The Hall–Kier alpha value is -1.52. The van der Waals surface area contributed by atoms with Gasteiger partial charge in [-0.05, 0) is 68.4 Å². The summed E-state index contributed by atoms with van der Waals surface area (Å²) < 4.78 is 0. The average molecular weight is 391 g/mol. The molecule has 26 heavy (non-hydrogen) atoms. The highest BCUT2D eigenvalue weighted by atomic mass is 35.5. The number of carbonyl (C=O) groups excluding carboxylic acids is 1. The summed E-state index contributed by atoms with van der Waals surface area (Å²) >= 11 is 12.3. The number of amides is 1. The van der Waals surface area contributed by atoms with Crippen LogP contribution >= 0.6 is 23.2 Å². The van der Waals surface area contributed by atoms with E-state index < -0.39 is 0 Å². The van der Waals surface area contributed by atoms with Gasteiger partial charge >= 0.3 is 0 Å². The van der Waals surface area contributed by atoms with E-state index in [0.29, 0.717) is 15.6 Å². The standard InChI is InChI=1S/C20H20Cl2N2O2/c21-14-1-2-15(22)17-16(14)18(25)13(9-23-17)19(26)24-20-6-10-3-11(7-20)5-12(4-10)8-20/h1-2,9-12H,3-8H2,(H,23,25)(H,24,26). The fraction of sp³-hybridized carbons (Fsp3) is 0.500. The molecule has 1 amide bonds. The van der Waals surface area contributed by atoms with Crippen LogP contribution in [0.5, 0.6) is 0 Å². The third kappa shape index (κ3) is 2.49. The highest BCUT2D eigenvalue weighted by Gasteiger charge is 2.51. The Bertz CT molecular complexity index is 946. The lowest BCUT2D eigenvalue weighted by Crippen LogP contribution is -2.60. The van der Waals surface area contributed by atoms with Gasteiger partial charge in [-0.2, -0.15) is 0 Å². The van der Waals surface area contributed by atoms with E-state index >= 15 is 0 Å². The minimum absolute atomic E-state index is 0.109. The van der Waals surface area contributed by atoms with Gasteiger partial charge in [0, 0.05) is 11.7 Å². The van der Waals surface area contributed by atoms with E-state index in [1.807, 2.05) is 0 Å². The Morgan fingerprint density at radius 3 is 2.23 bits per heavy atom. The molecule has 0 spiro atoms. The van der Waals surface area contributed by atoms with Crippen LogP contribution in [0.15, 0.2) is 23.1 Å². The number of benzene rings is 1. The van der Waals surface area contributed by atoms with Crippen molar-refractivity contribution >= 4 is 40.0 Å². The van der Waals surface area contributed by atoms with E-state index in [1.165, 1.54) is 25.5 Å². The first-order chi connectivity index (χ1) is 12.4. The predicted molar refractivity (Wildman–Crippen MR) is 103 cm³/mol. The summed E-state index contributed by atoms with van der Waals surface area (Å²) in [5.41, 5.74) is 0.0761. The summed E-state index contributed by atoms with van der Waals surface area (Å²) in [6, 6.07) is 3.22. The topological polar surface area (TPSA) is 62.0 Å². The number of hydrogen-bond donors (Lipinski definition) is 2. The van der Waals surface area contributed by atoms with Crippen molar-refractivity contribution in [3.05, 3.63) is 44.2 Å². The summed E-state index contributed by atoms with van der Waals surface area (Å²) in [7, 11) is 0. The SMILES string of the molecule is O=C(NC12CC3CC(CC(C3)C1)C2)c1c[nH]c2c(Cl)ccc(Cl)c2c1=O. The van der Waals surface area contributed by atoms with Gasteiger partial charge in [0.05, 0.1) is 20.9 Å². The lowest BCUT2D eigenvalue weighted by Gasteiger charge is -2.56. The number of H-pyrrole nitrogens is 1. The second-order valence-electron chi connectivity index (χ2n) is 8.46. The molecule has 0 saturated heterocycles. The number of hydrogen-bond acceptors (Lipinski definition) is 2. The summed E-state index contributed by atoms with van der Waals surface area (Å²) in [4.78, 5) is 28.9. The zero-order valence-corrected chi connectivity index (χ0v) is 15.8. The van der Waals surface area contributed by atoms with E-state index in [4.69, 9.17) is 23.2 Å². The van der Waals surface area contributed by atoms with E-state index in [0.717, 1.165) is 37.0 Å². The second kappa shape index (κ2) is 5.74. The first kappa shape index (κ1) is 16.6. The van der Waals surface area contributed by atoms with Crippen LogP contribution < -0.4 is 10.7 Å². The van der Waals surface area contributed by atoms with E-state index in [1.54, 1.807) is 12.1 Å². The molecule has 0 radical (unpaired) electrons. The third-order valence-electron chi connectivity index (χ3n) is 6.60. The Labute approximate surface area is 161 Å². The molecule has 1 aromatic heterocycles. The quantitative estimate of drug-likeness (QED) is 0.790. The zero-order valence-electron chi connectivity index (χ0n) is 14.3. The van der Waals surface area contributed by atoms with Crippen molar-refractivity contribution in [1.82, 2.24) is 10.3 Å². The molecule has 0 atom stereocenters. The van der Waals surface area contributed by atoms with Crippen LogP contribution in [0.2, 0.25) is 10.0 Å². The van der Waals surface area contributed by atoms with Gasteiger partial charge in [-0.1, -0.05) is 23.2 Å². The van der Waals surface area contributed by atoms with Crippen molar-refractivity contribution in [2.24, 2.45) is 17.8 Å². The molecule has 136 valence electrons. The number of nitrogens with one attached hydrogen (secondary N) is 2. The number of carbonyl (C=O) groups is 1. The maximum atomic E-state index is 13.0. The first-order valence-corrected chi connectivity index (χ1v) is 10.0. The van der Waals surface area contributed by atoms with Crippen molar-refractivity contribution in [1.29, 1.82) is 0 Å². The average Bonchev–Trinajstić information content (AvgIpc) is 2.56. The van der Waals surface area contributed by atoms with Crippen LogP contribution in [0, 0.1) is 17.8 Å². The number of aromatic amines is 1. The van der Waals surface area contributed by atoms with Crippen LogP contribution in [0.3, 0.4) is 0 Å². The highest BCUT2D eigenvalue weighted by molar-refractivity contribution is 6.39. The molecular formula is C20H20Cl2N2O2. The van der Waals surface area contributed by atoms with E-state index in [-0.39, 0.29) is 27.8 Å². The van der Waals surface area contributed by atoms with Gasteiger partial charge < -0.3 is 10.3 Å². The maximum Gasteiger partial charge on any atom is 0.257 e. The molecule has 4 fully saturated rings. The van der Waals surface area contributed by atoms with E-state index in [9.17, 15) is 9.59 Å². The number of aromatic nitrogens is 1. The Morgan fingerprint density at radius 1 is 1.04 bits per heavy atom. The number of fused-ring (bicyclic) bond motifs is 1. The summed E-state index contributed by atoms with van der Waals surface area (Å²) in [5.74, 6) is 1.88. The molecule has 4 aliphatic rings. The first-order valence-electron chi connectivity index (χ1n) is 9.26. The summed E-state index contributed by atoms with van der Waals surface area (Å²) in [6.07, 6.45) is 8.51. The van der Waals surface area contributed by atoms with Crippen LogP contribution in [-0.2, 0) is 0 Å². The second-order valence-corrected chi connectivity index (χ2v) is 9.28. The molecule has 0 aliphatic heterocycles. The lowest BCUT2D eigenvalue weighted by atomic mass is 9.53. The molecule has 4 saturated carbocycles. The Morgan fingerprint density at radius 2 is 1.62 bits per heavy atom. The predicted octanol–water partition coefficient (Wildman–Crippen LogP) is 4.53. The van der Waals surface area contributed by atoms with Gasteiger partial charge in [0.15, 0.2) is 0 Å². The number of rotatable bonds is 2. The monoisotopic (exact) mass is 390 g/mol. The van der Waals surface area contributed by atoms with Gasteiger partial charge in [0.1, 0.15) is 5.56 Å². The normalized spacial score (nSPS) is 32.2. The van der Waals surface area contributed by atoms with Crippen molar-refractivity contribution in [3.63, 3.8) is 0 Å². The van der Waals surface area contributed by atoms with Crippen molar-refractivity contribution in [2.45, 2.75) is 44.1 Å². The van der Waals surface area contributed by atoms with Gasteiger partial charge in [-0.25, -0.2) is 0 Å². The molecule has 6 rings (SSSR count). The Balaban J connectivity index is 1.51. The van der Waals surface area contributed by atoms with Crippen molar-refractivity contribution < 1.29 is 4.79 Å². The third-order valence-corrected chi connectivity index (χ3v) is 7.23. The van der Waals surface area contributed by atoms with Gasteiger partial charge in [0.25, 0.3) is 5.91 Å². The van der Waals surface area contributed by atoms with Crippen molar-refractivity contribution in [2.75, 3.05) is 0 Å². The molecule has 4 bridgehead atoms. The molecule has 2 N–H and O–H groups in total. The summed E-state index contributed by atoms with van der Waals surface area (Å²) in [6.45, 7) is 0. The molecule has 0 unspecified atom stereocenters. The zero-order chi connectivity index (χ0) is 18.1. The van der Waals surface area contributed by atoms with Crippen LogP contribution in [0.4, 0.5) is 0 Å². The molecule has 4 nitrogen and oxygen atoms in total. The molecule has 1 aromatic carbocycles. The van der Waals surface area contributed by atoms with Gasteiger partial charge in [-0.15, -0.1) is 0 Å². The highest BCUT2D eigenvalue weighted by Crippen LogP contribution is 2.55. The molecule has 1 heterocycles. The largest absolute Gasteiger partial charge is 0.359 e. The number of pyridine rings is 1. The van der Waals surface area contributed by atoms with Crippen LogP contribution in [0.25, 0.3) is 10.9 Å². The minimum atomic E-state index is -0.367. The van der Waals surface area contributed by atoms with E-state index in [2.05, 4.69) is 10.3 Å². The van der Waals surface area contributed by atoms with Crippen molar-refractivity contribution in [3.8, 4) is 0 Å². The molecular weight excluding hydrogens is 371 g/mol. The Kier molecular flexibility index (Phi) is 3.67. The lowest BCUT2D eigenvalue weighted by molar-refractivity contribution is -0.0167. The minimum Gasteiger partial charge on any atom is -0.359 e. The van der Waals surface area contributed by atoms with Crippen LogP contribution in [-0.4, -0.2) is 16.4 Å². The molecule has 6 heteroatoms. The van der Waals surface area contributed by atoms with Crippen LogP contribution in [0.1, 0.15) is 48.9 Å². The summed E-state index contributed by atoms with van der Waals surface area (Å²) in [5, 5.41) is 4.23. The molecule has 2 aromatic rings. The van der Waals surface area contributed by atoms with Gasteiger partial charge in [-0.3, -0.25) is 9.59 Å². The smallest absolute Gasteiger partial charge is 0.257 e. The molecule has 4 aliphatic carbocycles. The maximum absolute atomic E-state index is 13.0. The number of halogens is 2. The fourth-order valence-electron chi connectivity index (χ4n) is 6.00. The fourth-order valence-corrected chi connectivity index (χ4v) is 6.46.